The van der Waals surface area contributed by atoms with Crippen molar-refractivity contribution < 1.29 is 19.5 Å². The van der Waals surface area contributed by atoms with Gasteiger partial charge in [-0.05, 0) is 36.5 Å². The standard InChI is InChI=1S/2C13H21.Zn/c2*1-6-13(5,7-2)12-9-8-10(3)11(12)4;/h2*6-8H2,1-5H3;/q2*-1;+2. The Morgan fingerprint density at radius 3 is 1.04 bits per heavy atom. The predicted molar refractivity (Wildman–Crippen MR) is 117 cm³/mol. The normalized spacial score (nSPS) is 17.4. The maximum Gasteiger partial charge on any atom is 2.00 e. The molecule has 2 aliphatic carbocycles. The molecule has 0 saturated carbocycles. The average molecular weight is 420 g/mol. The summed E-state index contributed by atoms with van der Waals surface area (Å²) in [6.45, 7) is 22.8. The van der Waals surface area contributed by atoms with Gasteiger partial charge in [-0.2, -0.15) is 22.3 Å². The summed E-state index contributed by atoms with van der Waals surface area (Å²) in [7, 11) is 0. The molecule has 0 nitrogen and oxygen atoms in total. The fourth-order valence-corrected chi connectivity index (χ4v) is 3.94. The van der Waals surface area contributed by atoms with Crippen LogP contribution in [0, 0.1) is 23.0 Å². The van der Waals surface area contributed by atoms with E-state index >= 15 is 0 Å². The van der Waals surface area contributed by atoms with Gasteiger partial charge in [0.15, 0.2) is 0 Å². The van der Waals surface area contributed by atoms with Gasteiger partial charge < -0.3 is 0 Å². The zero-order chi connectivity index (χ0) is 20.1. The van der Waals surface area contributed by atoms with Crippen molar-refractivity contribution in [3.8, 4) is 0 Å². The summed E-state index contributed by atoms with van der Waals surface area (Å²) in [4.78, 5) is 0. The molecule has 0 heterocycles. The van der Waals surface area contributed by atoms with Crippen LogP contribution in [-0.4, -0.2) is 0 Å². The third-order valence-corrected chi connectivity index (χ3v) is 7.42. The van der Waals surface area contributed by atoms with Crippen LogP contribution in [0.4, 0.5) is 0 Å². The molecule has 0 aliphatic heterocycles. The van der Waals surface area contributed by atoms with Gasteiger partial charge in [0, 0.05) is 0 Å². The molecule has 0 aromatic rings. The summed E-state index contributed by atoms with van der Waals surface area (Å²) in [6.07, 6.45) is 14.1. The molecule has 148 valence electrons. The van der Waals surface area contributed by atoms with Crippen LogP contribution < -0.4 is 0 Å². The van der Waals surface area contributed by atoms with E-state index in [2.05, 4.69) is 81.4 Å². The molecule has 0 bridgehead atoms. The van der Waals surface area contributed by atoms with E-state index in [1.54, 1.807) is 0 Å². The first-order valence-electron chi connectivity index (χ1n) is 10.7. The Balaban J connectivity index is 0.000000483. The fraction of sp³-hybridized carbons (Fsp3) is 0.692. The van der Waals surface area contributed by atoms with E-state index in [9.17, 15) is 0 Å². The summed E-state index contributed by atoms with van der Waals surface area (Å²) in [5, 5.41) is 0. The third-order valence-electron chi connectivity index (χ3n) is 7.42. The van der Waals surface area contributed by atoms with Gasteiger partial charge in [-0.1, -0.05) is 55.4 Å². The maximum atomic E-state index is 3.54. The first kappa shape index (κ1) is 26.6. The van der Waals surface area contributed by atoms with Gasteiger partial charge in [-0.25, -0.2) is 11.1 Å². The number of rotatable bonds is 6. The average Bonchev–Trinajstić information content (AvgIpc) is 3.17. The van der Waals surface area contributed by atoms with Crippen molar-refractivity contribution in [2.75, 3.05) is 0 Å². The second-order valence-electron chi connectivity index (χ2n) is 8.80. The van der Waals surface area contributed by atoms with E-state index in [1.807, 2.05) is 0 Å². The number of allylic oxidation sites excluding steroid dienone is 8. The van der Waals surface area contributed by atoms with Crippen LogP contribution in [0.2, 0.25) is 0 Å². The molecule has 1 heteroatoms. The van der Waals surface area contributed by atoms with E-state index in [1.165, 1.54) is 59.1 Å². The van der Waals surface area contributed by atoms with Crippen LogP contribution in [0.15, 0.2) is 33.4 Å². The molecule has 0 atom stereocenters. The van der Waals surface area contributed by atoms with Crippen LogP contribution in [0.25, 0.3) is 0 Å². The van der Waals surface area contributed by atoms with E-state index in [4.69, 9.17) is 0 Å². The molecule has 0 radical (unpaired) electrons. The van der Waals surface area contributed by atoms with Crippen molar-refractivity contribution in [3.63, 3.8) is 0 Å². The predicted octanol–water partition coefficient (Wildman–Crippen LogP) is 8.56. The molecule has 0 aromatic heterocycles. The van der Waals surface area contributed by atoms with Gasteiger partial charge in [0.1, 0.15) is 0 Å². The van der Waals surface area contributed by atoms with E-state index in [-0.39, 0.29) is 19.5 Å². The number of hydrogen-bond acceptors (Lipinski definition) is 0. The molecular formula is C26H42Zn. The van der Waals surface area contributed by atoms with Crippen molar-refractivity contribution in [2.45, 2.75) is 108 Å². The van der Waals surface area contributed by atoms with Gasteiger partial charge >= 0.3 is 19.5 Å². The topological polar surface area (TPSA) is 0 Å². The Morgan fingerprint density at radius 2 is 0.889 bits per heavy atom. The molecule has 0 N–H and O–H groups in total. The smallest absolute Gasteiger partial charge is 0.268 e. The largest absolute Gasteiger partial charge is 2.00 e. The zero-order valence-electron chi connectivity index (χ0n) is 19.9. The summed E-state index contributed by atoms with van der Waals surface area (Å²) < 4.78 is 0. The molecule has 0 aromatic carbocycles. The summed E-state index contributed by atoms with van der Waals surface area (Å²) in [5.41, 5.74) is 9.68. The van der Waals surface area contributed by atoms with E-state index < -0.39 is 0 Å². The minimum Gasteiger partial charge on any atom is -0.268 e. The Hall–Kier alpha value is -0.417. The van der Waals surface area contributed by atoms with Crippen molar-refractivity contribution in [1.29, 1.82) is 0 Å². The summed E-state index contributed by atoms with van der Waals surface area (Å²) in [6, 6.07) is 0. The minimum absolute atomic E-state index is 0. The quantitative estimate of drug-likeness (QED) is 0.298. The van der Waals surface area contributed by atoms with Crippen molar-refractivity contribution in [3.05, 3.63) is 45.6 Å². The SMILES string of the molecule is CCC(C)(CC)C1=[C-]CC(C)=C1C.CCC(C)(CC)C1=[C-]CC(C)=C1C.[Zn+2]. The Labute approximate surface area is 183 Å². The van der Waals surface area contributed by atoms with Crippen molar-refractivity contribution in [1.82, 2.24) is 0 Å². The first-order valence-corrected chi connectivity index (χ1v) is 10.7. The minimum atomic E-state index is 0. The molecule has 0 spiro atoms. The Kier molecular flexibility index (Phi) is 10.8. The van der Waals surface area contributed by atoms with Gasteiger partial charge in [-0.3, -0.25) is 12.2 Å². The second kappa shape index (κ2) is 10.9. The molecule has 2 aliphatic rings. The summed E-state index contributed by atoms with van der Waals surface area (Å²) in [5.74, 6) is 0. The number of hydrogen-bond donors (Lipinski definition) is 0. The van der Waals surface area contributed by atoms with Crippen LogP contribution >= 0.6 is 0 Å². The third kappa shape index (κ3) is 5.79. The van der Waals surface area contributed by atoms with Gasteiger partial charge in [0.25, 0.3) is 0 Å². The molecule has 0 unspecified atom stereocenters. The second-order valence-corrected chi connectivity index (χ2v) is 8.80. The van der Waals surface area contributed by atoms with Gasteiger partial charge in [-0.15, -0.1) is 26.7 Å². The maximum absolute atomic E-state index is 3.54. The monoisotopic (exact) mass is 418 g/mol. The fourth-order valence-electron chi connectivity index (χ4n) is 3.94. The van der Waals surface area contributed by atoms with E-state index in [0.29, 0.717) is 10.8 Å². The van der Waals surface area contributed by atoms with Crippen molar-refractivity contribution in [2.24, 2.45) is 10.8 Å². The summed E-state index contributed by atoms with van der Waals surface area (Å²) >= 11 is 0. The zero-order valence-corrected chi connectivity index (χ0v) is 22.9. The Bertz CT molecular complexity index is 561. The molecule has 0 amide bonds. The molecule has 27 heavy (non-hydrogen) atoms. The van der Waals surface area contributed by atoms with E-state index in [0.717, 1.165) is 12.8 Å². The van der Waals surface area contributed by atoms with Gasteiger partial charge in [0.2, 0.25) is 0 Å². The van der Waals surface area contributed by atoms with Crippen LogP contribution in [0.3, 0.4) is 0 Å². The molecule has 2 rings (SSSR count). The van der Waals surface area contributed by atoms with Crippen LogP contribution in [0.1, 0.15) is 108 Å². The van der Waals surface area contributed by atoms with Crippen LogP contribution in [0.5, 0.6) is 0 Å². The van der Waals surface area contributed by atoms with Gasteiger partial charge in [0.05, 0.1) is 0 Å². The molecule has 0 saturated heterocycles. The van der Waals surface area contributed by atoms with Crippen molar-refractivity contribution >= 4 is 0 Å². The Morgan fingerprint density at radius 1 is 0.630 bits per heavy atom. The first-order chi connectivity index (χ1) is 12.1. The molecule has 0 fully saturated rings. The molecular weight excluding hydrogens is 378 g/mol. The van der Waals surface area contributed by atoms with Crippen LogP contribution in [-0.2, 0) is 19.5 Å².